The van der Waals surface area contributed by atoms with Crippen LogP contribution >= 0.6 is 0 Å². The zero-order valence-corrected chi connectivity index (χ0v) is 12.8. The molecule has 0 N–H and O–H groups in total. The van der Waals surface area contributed by atoms with Crippen molar-refractivity contribution in [3.63, 3.8) is 0 Å². The first kappa shape index (κ1) is 15.7. The molecular formula is C15H13NO5S. The highest BCUT2D eigenvalue weighted by atomic mass is 32.2. The van der Waals surface area contributed by atoms with Gasteiger partial charge in [0, 0.05) is 6.07 Å². The van der Waals surface area contributed by atoms with Crippen LogP contribution in [0.15, 0.2) is 47.4 Å². The summed E-state index contributed by atoms with van der Waals surface area (Å²) in [4.78, 5) is -0.0606. The molecule has 2 aromatic rings. The molecule has 0 fully saturated rings. The van der Waals surface area contributed by atoms with E-state index in [0.29, 0.717) is 11.3 Å². The van der Waals surface area contributed by atoms with Crippen molar-refractivity contribution >= 4 is 10.1 Å². The zero-order valence-electron chi connectivity index (χ0n) is 11.9. The molecule has 2 rings (SSSR count). The highest BCUT2D eigenvalue weighted by Gasteiger charge is 2.19. The maximum atomic E-state index is 12.2. The van der Waals surface area contributed by atoms with Crippen LogP contribution in [-0.4, -0.2) is 22.6 Å². The minimum absolute atomic E-state index is 0.0606. The average Bonchev–Trinajstić information content (AvgIpc) is 2.54. The minimum Gasteiger partial charge on any atom is -0.493 e. The van der Waals surface area contributed by atoms with Crippen LogP contribution in [0.1, 0.15) is 5.56 Å². The van der Waals surface area contributed by atoms with E-state index in [1.165, 1.54) is 56.7 Å². The predicted octanol–water partition coefficient (Wildman–Crippen LogP) is 2.34. The molecule has 0 saturated carbocycles. The number of hydrogen-bond acceptors (Lipinski definition) is 6. The van der Waals surface area contributed by atoms with Crippen LogP contribution in [0.2, 0.25) is 0 Å². The first-order valence-electron chi connectivity index (χ1n) is 6.17. The number of nitriles is 1. The second kappa shape index (κ2) is 6.37. The molecule has 0 bridgehead atoms. The summed E-state index contributed by atoms with van der Waals surface area (Å²) in [5, 5.41) is 8.71. The van der Waals surface area contributed by atoms with Gasteiger partial charge in [-0.15, -0.1) is 0 Å². The molecule has 2 aromatic carbocycles. The Balaban J connectivity index is 2.31. The van der Waals surface area contributed by atoms with Gasteiger partial charge < -0.3 is 13.7 Å². The number of rotatable bonds is 5. The summed E-state index contributed by atoms with van der Waals surface area (Å²) in [6.07, 6.45) is 0. The number of benzene rings is 2. The van der Waals surface area contributed by atoms with Gasteiger partial charge in [-0.25, -0.2) is 0 Å². The second-order valence-corrected chi connectivity index (χ2v) is 5.74. The summed E-state index contributed by atoms with van der Waals surface area (Å²) in [7, 11) is -1.14. The first-order valence-corrected chi connectivity index (χ1v) is 7.57. The SMILES string of the molecule is COc1ccc(S(=O)(=O)Oc2ccc(C#N)cc2)cc1OC. The highest BCUT2D eigenvalue weighted by Crippen LogP contribution is 2.30. The number of methoxy groups -OCH3 is 2. The third kappa shape index (κ3) is 3.30. The number of hydrogen-bond donors (Lipinski definition) is 0. The molecule has 0 aliphatic rings. The van der Waals surface area contributed by atoms with Crippen LogP contribution in [0.25, 0.3) is 0 Å². The van der Waals surface area contributed by atoms with E-state index in [9.17, 15) is 8.42 Å². The van der Waals surface area contributed by atoms with Gasteiger partial charge in [-0.05, 0) is 36.4 Å². The number of ether oxygens (including phenoxy) is 2. The fourth-order valence-electron chi connectivity index (χ4n) is 1.73. The van der Waals surface area contributed by atoms with E-state index in [2.05, 4.69) is 0 Å². The van der Waals surface area contributed by atoms with Crippen LogP contribution in [0, 0.1) is 11.3 Å². The molecule has 0 aliphatic carbocycles. The fraction of sp³-hybridized carbons (Fsp3) is 0.133. The van der Waals surface area contributed by atoms with Crippen molar-refractivity contribution in [2.45, 2.75) is 4.90 Å². The van der Waals surface area contributed by atoms with Crippen molar-refractivity contribution in [3.8, 4) is 23.3 Å². The van der Waals surface area contributed by atoms with E-state index in [1.54, 1.807) is 0 Å². The van der Waals surface area contributed by atoms with Gasteiger partial charge in [0.1, 0.15) is 10.6 Å². The van der Waals surface area contributed by atoms with Crippen LogP contribution in [-0.2, 0) is 10.1 Å². The maximum absolute atomic E-state index is 12.2. The molecule has 0 radical (unpaired) electrons. The Kier molecular flexibility index (Phi) is 4.53. The summed E-state index contributed by atoms with van der Waals surface area (Å²) >= 11 is 0. The maximum Gasteiger partial charge on any atom is 0.339 e. The van der Waals surface area contributed by atoms with Gasteiger partial charge in [0.2, 0.25) is 0 Å². The fourth-order valence-corrected chi connectivity index (χ4v) is 2.68. The lowest BCUT2D eigenvalue weighted by molar-refractivity contribution is 0.353. The summed E-state index contributed by atoms with van der Waals surface area (Å²) in [6.45, 7) is 0. The summed E-state index contributed by atoms with van der Waals surface area (Å²) in [5.74, 6) is 0.820. The molecule has 7 heteroatoms. The Bertz CT molecular complexity index is 807. The lowest BCUT2D eigenvalue weighted by Gasteiger charge is -2.11. The van der Waals surface area contributed by atoms with Crippen LogP contribution in [0.3, 0.4) is 0 Å². The van der Waals surface area contributed by atoms with E-state index in [-0.39, 0.29) is 16.4 Å². The van der Waals surface area contributed by atoms with Gasteiger partial charge >= 0.3 is 10.1 Å². The second-order valence-electron chi connectivity index (χ2n) is 4.19. The molecule has 0 atom stereocenters. The van der Waals surface area contributed by atoms with Crippen molar-refractivity contribution in [1.29, 1.82) is 5.26 Å². The quantitative estimate of drug-likeness (QED) is 0.786. The molecule has 6 nitrogen and oxygen atoms in total. The van der Waals surface area contributed by atoms with Gasteiger partial charge in [-0.2, -0.15) is 13.7 Å². The highest BCUT2D eigenvalue weighted by molar-refractivity contribution is 7.87. The molecule has 0 unspecified atom stereocenters. The smallest absolute Gasteiger partial charge is 0.339 e. The van der Waals surface area contributed by atoms with Crippen LogP contribution in [0.5, 0.6) is 17.2 Å². The molecular weight excluding hydrogens is 306 g/mol. The van der Waals surface area contributed by atoms with Crippen LogP contribution in [0.4, 0.5) is 0 Å². The van der Waals surface area contributed by atoms with E-state index >= 15 is 0 Å². The third-order valence-corrected chi connectivity index (χ3v) is 4.08. The minimum atomic E-state index is -4.01. The number of nitrogens with zero attached hydrogens (tertiary/aromatic N) is 1. The molecule has 22 heavy (non-hydrogen) atoms. The van der Waals surface area contributed by atoms with Crippen LogP contribution < -0.4 is 13.7 Å². The Labute approximate surface area is 128 Å². The van der Waals surface area contributed by atoms with Crippen molar-refractivity contribution in [2.75, 3.05) is 14.2 Å². The molecule has 0 spiro atoms. The summed E-state index contributed by atoms with van der Waals surface area (Å²) in [5.41, 5.74) is 0.413. The van der Waals surface area contributed by atoms with Crippen molar-refractivity contribution < 1.29 is 22.1 Å². The molecule has 0 aromatic heterocycles. The van der Waals surface area contributed by atoms with Gasteiger partial charge in [0.05, 0.1) is 25.9 Å². The van der Waals surface area contributed by atoms with Gasteiger partial charge in [0.25, 0.3) is 0 Å². The molecule has 0 saturated heterocycles. The Morgan fingerprint density at radius 1 is 0.955 bits per heavy atom. The van der Waals surface area contributed by atoms with Gasteiger partial charge in [0.15, 0.2) is 11.5 Å². The standard InChI is InChI=1S/C15H13NO5S/c1-19-14-8-7-13(9-15(14)20-2)22(17,18)21-12-5-3-11(10-16)4-6-12/h3-9H,1-2H3. The predicted molar refractivity (Wildman–Crippen MR) is 78.5 cm³/mol. The average molecular weight is 319 g/mol. The molecule has 114 valence electrons. The first-order chi connectivity index (χ1) is 10.5. The molecule has 0 heterocycles. The van der Waals surface area contributed by atoms with E-state index in [0.717, 1.165) is 0 Å². The Hall–Kier alpha value is -2.72. The lowest BCUT2D eigenvalue weighted by Crippen LogP contribution is -2.10. The van der Waals surface area contributed by atoms with Gasteiger partial charge in [-0.1, -0.05) is 0 Å². The topological polar surface area (TPSA) is 85.6 Å². The molecule has 0 amide bonds. The van der Waals surface area contributed by atoms with Gasteiger partial charge in [-0.3, -0.25) is 0 Å². The third-order valence-electron chi connectivity index (χ3n) is 2.83. The molecule has 0 aliphatic heterocycles. The summed E-state index contributed by atoms with van der Waals surface area (Å²) in [6, 6.07) is 11.9. The normalized spacial score (nSPS) is 10.6. The Morgan fingerprint density at radius 3 is 2.14 bits per heavy atom. The van der Waals surface area contributed by atoms with Crippen molar-refractivity contribution in [2.24, 2.45) is 0 Å². The zero-order chi connectivity index (χ0) is 16.2. The van der Waals surface area contributed by atoms with Crippen molar-refractivity contribution in [3.05, 3.63) is 48.0 Å². The van der Waals surface area contributed by atoms with E-state index in [4.69, 9.17) is 18.9 Å². The van der Waals surface area contributed by atoms with E-state index < -0.39 is 10.1 Å². The van der Waals surface area contributed by atoms with Crippen molar-refractivity contribution in [1.82, 2.24) is 0 Å². The Morgan fingerprint density at radius 2 is 1.59 bits per heavy atom. The largest absolute Gasteiger partial charge is 0.493 e. The van der Waals surface area contributed by atoms with E-state index in [1.807, 2.05) is 6.07 Å². The summed E-state index contributed by atoms with van der Waals surface area (Å²) < 4.78 is 39.6. The lowest BCUT2D eigenvalue weighted by atomic mass is 10.2. The monoisotopic (exact) mass is 319 g/mol.